The SMILES string of the molecule is CCC(NC(=O)CC1COCCN1)c1cccc([N+](=O)[O-])c1. The fraction of sp³-hybridized carbons (Fsp3) is 0.533. The quantitative estimate of drug-likeness (QED) is 0.614. The van der Waals surface area contributed by atoms with Gasteiger partial charge in [0, 0.05) is 31.1 Å². The van der Waals surface area contributed by atoms with E-state index >= 15 is 0 Å². The normalized spacial score (nSPS) is 19.4. The highest BCUT2D eigenvalue weighted by Crippen LogP contribution is 2.21. The van der Waals surface area contributed by atoms with Gasteiger partial charge in [-0.25, -0.2) is 0 Å². The molecule has 0 aromatic heterocycles. The highest BCUT2D eigenvalue weighted by molar-refractivity contribution is 5.77. The molecule has 2 N–H and O–H groups in total. The van der Waals surface area contributed by atoms with Crippen LogP contribution in [0.15, 0.2) is 24.3 Å². The molecule has 0 spiro atoms. The number of carbonyl (C=O) groups is 1. The lowest BCUT2D eigenvalue weighted by molar-refractivity contribution is -0.384. The van der Waals surface area contributed by atoms with Crippen LogP contribution in [0.4, 0.5) is 5.69 Å². The Balaban J connectivity index is 1.97. The van der Waals surface area contributed by atoms with Crippen molar-refractivity contribution in [1.29, 1.82) is 0 Å². The number of morpholine rings is 1. The first kappa shape index (κ1) is 16.4. The van der Waals surface area contributed by atoms with E-state index in [2.05, 4.69) is 10.6 Å². The molecule has 22 heavy (non-hydrogen) atoms. The van der Waals surface area contributed by atoms with E-state index in [0.29, 0.717) is 26.1 Å². The largest absolute Gasteiger partial charge is 0.378 e. The number of nitrogens with zero attached hydrogens (tertiary/aromatic N) is 1. The average molecular weight is 307 g/mol. The molecule has 0 aliphatic carbocycles. The predicted molar refractivity (Wildman–Crippen MR) is 81.5 cm³/mol. The topological polar surface area (TPSA) is 93.5 Å². The molecule has 2 rings (SSSR count). The Morgan fingerprint density at radius 1 is 1.59 bits per heavy atom. The molecule has 120 valence electrons. The van der Waals surface area contributed by atoms with Gasteiger partial charge in [0.1, 0.15) is 0 Å². The third kappa shape index (κ3) is 4.51. The smallest absolute Gasteiger partial charge is 0.269 e. The molecule has 1 aromatic carbocycles. The molecule has 1 aromatic rings. The molecule has 0 saturated carbocycles. The molecule has 0 bridgehead atoms. The highest BCUT2D eigenvalue weighted by atomic mass is 16.6. The van der Waals surface area contributed by atoms with Crippen LogP contribution in [0.2, 0.25) is 0 Å². The number of ether oxygens (including phenoxy) is 1. The van der Waals surface area contributed by atoms with Crippen LogP contribution in [0.5, 0.6) is 0 Å². The fourth-order valence-corrected chi connectivity index (χ4v) is 2.50. The number of carbonyl (C=O) groups excluding carboxylic acids is 1. The summed E-state index contributed by atoms with van der Waals surface area (Å²) in [6.45, 7) is 3.89. The van der Waals surface area contributed by atoms with Crippen molar-refractivity contribution in [2.45, 2.75) is 31.8 Å². The number of nitro benzene ring substituents is 1. The third-order valence-corrected chi connectivity index (χ3v) is 3.66. The Morgan fingerprint density at radius 2 is 2.41 bits per heavy atom. The molecule has 2 unspecified atom stereocenters. The number of non-ortho nitro benzene ring substituents is 1. The van der Waals surface area contributed by atoms with E-state index in [9.17, 15) is 14.9 Å². The van der Waals surface area contributed by atoms with Crippen LogP contribution in [-0.2, 0) is 9.53 Å². The lowest BCUT2D eigenvalue weighted by Gasteiger charge is -2.24. The maximum absolute atomic E-state index is 12.1. The number of benzene rings is 1. The molecule has 1 heterocycles. The van der Waals surface area contributed by atoms with Crippen LogP contribution in [0.3, 0.4) is 0 Å². The van der Waals surface area contributed by atoms with Crippen LogP contribution in [0.25, 0.3) is 0 Å². The second kappa shape index (κ2) is 7.86. The summed E-state index contributed by atoms with van der Waals surface area (Å²) in [6.07, 6.45) is 1.01. The molecular formula is C15H21N3O4. The van der Waals surface area contributed by atoms with Gasteiger partial charge in [-0.15, -0.1) is 0 Å². The van der Waals surface area contributed by atoms with Gasteiger partial charge in [-0.3, -0.25) is 14.9 Å². The summed E-state index contributed by atoms with van der Waals surface area (Å²) >= 11 is 0. The number of amides is 1. The van der Waals surface area contributed by atoms with Crippen molar-refractivity contribution < 1.29 is 14.5 Å². The molecule has 1 amide bonds. The van der Waals surface area contributed by atoms with Crippen molar-refractivity contribution in [2.24, 2.45) is 0 Å². The van der Waals surface area contributed by atoms with Crippen molar-refractivity contribution >= 4 is 11.6 Å². The molecule has 1 saturated heterocycles. The second-order valence-corrected chi connectivity index (χ2v) is 5.31. The predicted octanol–water partition coefficient (Wildman–Crippen LogP) is 1.54. The summed E-state index contributed by atoms with van der Waals surface area (Å²) in [5.74, 6) is -0.0821. The van der Waals surface area contributed by atoms with Gasteiger partial charge in [0.15, 0.2) is 0 Å². The summed E-state index contributed by atoms with van der Waals surface area (Å²) in [5.41, 5.74) is 0.783. The molecule has 7 heteroatoms. The van der Waals surface area contributed by atoms with Gasteiger partial charge in [0.25, 0.3) is 5.69 Å². The number of hydrogen-bond donors (Lipinski definition) is 2. The van der Waals surface area contributed by atoms with Crippen LogP contribution < -0.4 is 10.6 Å². The zero-order valence-corrected chi connectivity index (χ0v) is 12.6. The van der Waals surface area contributed by atoms with Gasteiger partial charge >= 0.3 is 0 Å². The third-order valence-electron chi connectivity index (χ3n) is 3.66. The number of hydrogen-bond acceptors (Lipinski definition) is 5. The molecule has 2 atom stereocenters. The minimum absolute atomic E-state index is 0.0244. The Kier molecular flexibility index (Phi) is 5.85. The van der Waals surface area contributed by atoms with E-state index in [1.54, 1.807) is 12.1 Å². The van der Waals surface area contributed by atoms with Crippen LogP contribution in [0, 0.1) is 10.1 Å². The van der Waals surface area contributed by atoms with E-state index in [-0.39, 0.29) is 23.7 Å². The summed E-state index contributed by atoms with van der Waals surface area (Å²) < 4.78 is 5.32. The van der Waals surface area contributed by atoms with Crippen LogP contribution in [0.1, 0.15) is 31.4 Å². The first-order chi connectivity index (χ1) is 10.6. The zero-order valence-electron chi connectivity index (χ0n) is 12.6. The summed E-state index contributed by atoms with van der Waals surface area (Å²) in [7, 11) is 0. The molecular weight excluding hydrogens is 286 g/mol. The first-order valence-corrected chi connectivity index (χ1v) is 7.45. The Labute approximate surface area is 129 Å². The maximum atomic E-state index is 12.1. The minimum atomic E-state index is -0.429. The lowest BCUT2D eigenvalue weighted by Crippen LogP contribution is -2.44. The van der Waals surface area contributed by atoms with Gasteiger partial charge in [-0.1, -0.05) is 19.1 Å². The average Bonchev–Trinajstić information content (AvgIpc) is 2.53. The molecule has 1 fully saturated rings. The van der Waals surface area contributed by atoms with E-state index < -0.39 is 4.92 Å². The first-order valence-electron chi connectivity index (χ1n) is 7.45. The Hall–Kier alpha value is -1.99. The monoisotopic (exact) mass is 307 g/mol. The second-order valence-electron chi connectivity index (χ2n) is 5.31. The van der Waals surface area contributed by atoms with Gasteiger partial charge in [0.2, 0.25) is 5.91 Å². The van der Waals surface area contributed by atoms with Crippen molar-refractivity contribution in [3.8, 4) is 0 Å². The minimum Gasteiger partial charge on any atom is -0.378 e. The standard InChI is InChI=1S/C15H21N3O4/c1-2-14(11-4-3-5-13(8-11)18(20)21)17-15(19)9-12-10-22-7-6-16-12/h3-5,8,12,14,16H,2,6-7,9-10H2,1H3,(H,17,19). The highest BCUT2D eigenvalue weighted by Gasteiger charge is 2.20. The molecule has 0 radical (unpaired) electrons. The van der Waals surface area contributed by atoms with Gasteiger partial charge in [-0.2, -0.15) is 0 Å². The van der Waals surface area contributed by atoms with Crippen LogP contribution in [-0.4, -0.2) is 36.6 Å². The van der Waals surface area contributed by atoms with E-state index in [1.165, 1.54) is 12.1 Å². The van der Waals surface area contributed by atoms with Gasteiger partial charge < -0.3 is 15.4 Å². The van der Waals surface area contributed by atoms with E-state index in [0.717, 1.165) is 12.1 Å². The van der Waals surface area contributed by atoms with Crippen molar-refractivity contribution in [2.75, 3.05) is 19.8 Å². The molecule has 7 nitrogen and oxygen atoms in total. The van der Waals surface area contributed by atoms with E-state index in [1.807, 2.05) is 6.92 Å². The van der Waals surface area contributed by atoms with Crippen molar-refractivity contribution in [3.63, 3.8) is 0 Å². The summed E-state index contributed by atoms with van der Waals surface area (Å²) in [6, 6.07) is 6.19. The molecule has 1 aliphatic heterocycles. The number of nitrogens with one attached hydrogen (secondary N) is 2. The van der Waals surface area contributed by atoms with E-state index in [4.69, 9.17) is 4.74 Å². The number of rotatable bonds is 6. The van der Waals surface area contributed by atoms with Crippen LogP contribution >= 0.6 is 0 Å². The fourth-order valence-electron chi connectivity index (χ4n) is 2.50. The van der Waals surface area contributed by atoms with Gasteiger partial charge in [0.05, 0.1) is 24.2 Å². The lowest BCUT2D eigenvalue weighted by atomic mass is 10.0. The number of nitro groups is 1. The summed E-state index contributed by atoms with van der Waals surface area (Å²) in [4.78, 5) is 22.5. The van der Waals surface area contributed by atoms with Crippen molar-refractivity contribution in [1.82, 2.24) is 10.6 Å². The zero-order chi connectivity index (χ0) is 15.9. The molecule has 1 aliphatic rings. The maximum Gasteiger partial charge on any atom is 0.269 e. The Bertz CT molecular complexity index is 529. The van der Waals surface area contributed by atoms with Gasteiger partial charge in [-0.05, 0) is 12.0 Å². The van der Waals surface area contributed by atoms with Crippen molar-refractivity contribution in [3.05, 3.63) is 39.9 Å². The Morgan fingerprint density at radius 3 is 3.05 bits per heavy atom. The summed E-state index contributed by atoms with van der Waals surface area (Å²) in [5, 5.41) is 17.0.